The lowest BCUT2D eigenvalue weighted by Crippen LogP contribution is -2.48. The Morgan fingerprint density at radius 3 is 2.61 bits per heavy atom. The van der Waals surface area contributed by atoms with Crippen molar-refractivity contribution in [2.45, 2.75) is 50.8 Å². The number of aryl methyl sites for hydroxylation is 1. The molecule has 1 amide bonds. The number of nitrogens with zero attached hydrogens (tertiary/aromatic N) is 4. The first kappa shape index (κ1) is 23.4. The first-order valence-corrected chi connectivity index (χ1v) is 12.2. The van der Waals surface area contributed by atoms with Crippen LogP contribution in [0.15, 0.2) is 33.7 Å². The fourth-order valence-corrected chi connectivity index (χ4v) is 4.87. The fourth-order valence-electron chi connectivity index (χ4n) is 3.40. The van der Waals surface area contributed by atoms with E-state index in [1.807, 2.05) is 13.8 Å². The molecule has 1 saturated heterocycles. The summed E-state index contributed by atoms with van der Waals surface area (Å²) in [6.45, 7) is 9.36. The van der Waals surface area contributed by atoms with Crippen LogP contribution < -0.4 is 5.32 Å². The van der Waals surface area contributed by atoms with Crippen molar-refractivity contribution in [1.29, 1.82) is 0 Å². The maximum Gasteiger partial charge on any atom is 0.243 e. The van der Waals surface area contributed by atoms with Crippen molar-refractivity contribution in [3.8, 4) is 0 Å². The fraction of sp³-hybridized carbons (Fsp3) is 0.571. The van der Waals surface area contributed by atoms with Gasteiger partial charge in [-0.15, -0.1) is 0 Å². The smallest absolute Gasteiger partial charge is 0.243 e. The van der Waals surface area contributed by atoms with E-state index in [0.717, 1.165) is 19.6 Å². The maximum atomic E-state index is 13.0. The van der Waals surface area contributed by atoms with Crippen LogP contribution in [-0.2, 0) is 21.2 Å². The molecule has 1 fully saturated rings. The normalized spacial score (nSPS) is 16.0. The molecule has 0 aliphatic carbocycles. The molecular weight excluding hydrogens is 418 g/mol. The third-order valence-corrected chi connectivity index (χ3v) is 7.22. The Labute approximate surface area is 183 Å². The van der Waals surface area contributed by atoms with Gasteiger partial charge in [-0.2, -0.15) is 9.29 Å². The lowest BCUT2D eigenvalue weighted by molar-refractivity contribution is -0.116. The summed E-state index contributed by atoms with van der Waals surface area (Å²) in [5, 5.41) is 6.70. The van der Waals surface area contributed by atoms with E-state index < -0.39 is 10.0 Å². The highest BCUT2D eigenvalue weighted by Gasteiger charge is 2.28. The molecule has 2 heterocycles. The second-order valence-corrected chi connectivity index (χ2v) is 9.91. The molecule has 1 aliphatic rings. The average Bonchev–Trinajstić information content (AvgIpc) is 3.23. The van der Waals surface area contributed by atoms with Crippen LogP contribution in [0.2, 0.25) is 0 Å². The molecule has 2 aromatic rings. The number of benzene rings is 1. The Bertz CT molecular complexity index is 981. The molecule has 170 valence electrons. The zero-order chi connectivity index (χ0) is 22.4. The number of likely N-dealkylation sites (N-methyl/N-ethyl adjacent to an activating group) is 1. The van der Waals surface area contributed by atoms with Gasteiger partial charge in [0.2, 0.25) is 21.8 Å². The number of piperazine rings is 1. The number of sulfonamides is 1. The Hall–Kier alpha value is -2.30. The van der Waals surface area contributed by atoms with Crippen LogP contribution in [0.3, 0.4) is 0 Å². The lowest BCUT2D eigenvalue weighted by Gasteiger charge is -2.33. The van der Waals surface area contributed by atoms with Gasteiger partial charge in [-0.05, 0) is 31.2 Å². The van der Waals surface area contributed by atoms with Gasteiger partial charge >= 0.3 is 0 Å². The zero-order valence-electron chi connectivity index (χ0n) is 18.4. The Balaban J connectivity index is 1.54. The van der Waals surface area contributed by atoms with E-state index in [4.69, 9.17) is 4.52 Å². The van der Waals surface area contributed by atoms with Crippen molar-refractivity contribution in [2.24, 2.45) is 0 Å². The maximum absolute atomic E-state index is 13.0. The quantitative estimate of drug-likeness (QED) is 0.626. The molecule has 0 radical (unpaired) electrons. The van der Waals surface area contributed by atoms with Crippen LogP contribution in [0.25, 0.3) is 0 Å². The van der Waals surface area contributed by atoms with Crippen molar-refractivity contribution in [2.75, 3.05) is 38.0 Å². The largest absolute Gasteiger partial charge is 0.339 e. The van der Waals surface area contributed by atoms with Gasteiger partial charge in [-0.1, -0.05) is 32.0 Å². The highest BCUT2D eigenvalue weighted by molar-refractivity contribution is 7.89. The van der Waals surface area contributed by atoms with Crippen molar-refractivity contribution in [3.63, 3.8) is 0 Å². The number of anilines is 1. The molecule has 9 nitrogen and oxygen atoms in total. The van der Waals surface area contributed by atoms with Crippen molar-refractivity contribution >= 4 is 21.6 Å². The predicted molar refractivity (Wildman–Crippen MR) is 117 cm³/mol. The summed E-state index contributed by atoms with van der Waals surface area (Å²) in [6, 6.07) is 6.43. The molecule has 1 N–H and O–H groups in total. The van der Waals surface area contributed by atoms with Crippen LogP contribution in [0.4, 0.5) is 5.69 Å². The molecule has 3 rings (SSSR count). The number of aromatic nitrogens is 2. The highest BCUT2D eigenvalue weighted by atomic mass is 32.2. The molecule has 0 saturated carbocycles. The number of hydrogen-bond acceptors (Lipinski definition) is 7. The summed E-state index contributed by atoms with van der Waals surface area (Å²) in [5.41, 5.74) is 0.471. The third-order valence-electron chi connectivity index (χ3n) is 5.33. The highest BCUT2D eigenvalue weighted by Crippen LogP contribution is 2.21. The first-order valence-electron chi connectivity index (χ1n) is 10.7. The van der Waals surface area contributed by atoms with Crippen molar-refractivity contribution in [1.82, 2.24) is 19.3 Å². The number of hydrogen-bond donors (Lipinski definition) is 1. The molecule has 31 heavy (non-hydrogen) atoms. The van der Waals surface area contributed by atoms with Crippen LogP contribution >= 0.6 is 0 Å². The molecule has 0 bridgehead atoms. The van der Waals surface area contributed by atoms with E-state index in [9.17, 15) is 13.2 Å². The Morgan fingerprint density at radius 1 is 1.23 bits per heavy atom. The molecule has 0 unspecified atom stereocenters. The first-order chi connectivity index (χ1) is 14.8. The number of nitrogens with one attached hydrogen (secondary N) is 1. The van der Waals surface area contributed by atoms with Gasteiger partial charge in [-0.25, -0.2) is 8.42 Å². The van der Waals surface area contributed by atoms with Gasteiger partial charge in [0, 0.05) is 50.6 Å². The topological polar surface area (TPSA) is 109 Å². The van der Waals surface area contributed by atoms with E-state index >= 15 is 0 Å². The van der Waals surface area contributed by atoms with Gasteiger partial charge in [0.15, 0.2) is 5.82 Å². The summed E-state index contributed by atoms with van der Waals surface area (Å²) >= 11 is 0. The van der Waals surface area contributed by atoms with Crippen molar-refractivity contribution < 1.29 is 17.7 Å². The molecule has 0 spiro atoms. The van der Waals surface area contributed by atoms with Crippen LogP contribution in [0.5, 0.6) is 0 Å². The van der Waals surface area contributed by atoms with E-state index in [0.29, 0.717) is 43.3 Å². The molecule has 1 aromatic carbocycles. The molecule has 10 heteroatoms. The summed E-state index contributed by atoms with van der Waals surface area (Å²) in [4.78, 5) is 19.0. The second kappa shape index (κ2) is 10.3. The van der Waals surface area contributed by atoms with E-state index in [2.05, 4.69) is 27.3 Å². The predicted octanol–water partition coefficient (Wildman–Crippen LogP) is 2.48. The number of carbonyl (C=O) groups is 1. The minimum Gasteiger partial charge on any atom is -0.339 e. The van der Waals surface area contributed by atoms with Crippen LogP contribution in [0.1, 0.15) is 51.2 Å². The summed E-state index contributed by atoms with van der Waals surface area (Å²) in [7, 11) is -3.58. The molecular formula is C21H31N5O4S. The zero-order valence-corrected chi connectivity index (χ0v) is 19.2. The standard InChI is InChI=1S/C21H31N5O4S/c1-4-25-11-13-26(14-12-25)31(28,29)18-8-5-7-17(15-18)22-19(27)9-6-10-20-23-21(16(2)3)24-30-20/h5,7-8,15-16H,4,6,9-14H2,1-3H3,(H,22,27). The van der Waals surface area contributed by atoms with Crippen LogP contribution in [-0.4, -0.2) is 66.4 Å². The van der Waals surface area contributed by atoms with Gasteiger partial charge in [0.05, 0.1) is 4.90 Å². The monoisotopic (exact) mass is 449 g/mol. The average molecular weight is 450 g/mol. The minimum absolute atomic E-state index is 0.185. The third kappa shape index (κ3) is 6.11. The van der Waals surface area contributed by atoms with Gasteiger partial charge in [0.1, 0.15) is 0 Å². The van der Waals surface area contributed by atoms with Crippen LogP contribution in [0, 0.1) is 0 Å². The molecule has 1 aromatic heterocycles. The lowest BCUT2D eigenvalue weighted by atomic mass is 10.2. The second-order valence-electron chi connectivity index (χ2n) is 7.97. The van der Waals surface area contributed by atoms with Crippen molar-refractivity contribution in [3.05, 3.63) is 36.0 Å². The summed E-state index contributed by atoms with van der Waals surface area (Å²) < 4.78 is 32.6. The molecule has 0 atom stereocenters. The Morgan fingerprint density at radius 2 is 1.97 bits per heavy atom. The SMILES string of the molecule is CCN1CCN(S(=O)(=O)c2cccc(NC(=O)CCCc3nc(C(C)C)no3)c2)CC1. The minimum atomic E-state index is -3.58. The summed E-state index contributed by atoms with van der Waals surface area (Å²) in [5.74, 6) is 1.19. The Kier molecular flexibility index (Phi) is 7.79. The van der Waals surface area contributed by atoms with Gasteiger partial charge < -0.3 is 14.7 Å². The van der Waals surface area contributed by atoms with E-state index in [1.54, 1.807) is 18.2 Å². The summed E-state index contributed by atoms with van der Waals surface area (Å²) in [6.07, 6.45) is 1.35. The number of amides is 1. The van der Waals surface area contributed by atoms with Gasteiger partial charge in [-0.3, -0.25) is 4.79 Å². The number of rotatable bonds is 9. The van der Waals surface area contributed by atoms with Gasteiger partial charge in [0.25, 0.3) is 0 Å². The number of carbonyl (C=O) groups excluding carboxylic acids is 1. The van der Waals surface area contributed by atoms with E-state index in [-0.39, 0.29) is 23.1 Å². The molecule has 1 aliphatic heterocycles. The van der Waals surface area contributed by atoms with E-state index in [1.165, 1.54) is 10.4 Å².